The standard InChI is InChI=1S/C13H18N2O2S/c1-13(2,3)10-7-15-9(5-6-11(16)17-4)8-18-12(15)14-10/h7-8H,5-6H2,1-4H3. The van der Waals surface area contributed by atoms with Gasteiger partial charge in [-0.3, -0.25) is 9.20 Å². The van der Waals surface area contributed by atoms with Gasteiger partial charge in [-0.05, 0) is 6.42 Å². The molecule has 0 amide bonds. The van der Waals surface area contributed by atoms with Crippen molar-refractivity contribution < 1.29 is 9.53 Å². The molecule has 0 saturated carbocycles. The molecular weight excluding hydrogens is 248 g/mol. The topological polar surface area (TPSA) is 43.6 Å². The molecule has 0 unspecified atom stereocenters. The number of rotatable bonds is 3. The minimum absolute atomic E-state index is 0.0470. The number of methoxy groups -OCH3 is 1. The smallest absolute Gasteiger partial charge is 0.305 e. The third-order valence-corrected chi connectivity index (χ3v) is 3.75. The summed E-state index contributed by atoms with van der Waals surface area (Å²) < 4.78 is 6.74. The number of hydrogen-bond acceptors (Lipinski definition) is 4. The summed E-state index contributed by atoms with van der Waals surface area (Å²) in [7, 11) is 1.42. The first-order valence-electron chi connectivity index (χ1n) is 5.94. The number of imidazole rings is 1. The Balaban J connectivity index is 2.24. The molecule has 2 aromatic heterocycles. The van der Waals surface area contributed by atoms with Crippen molar-refractivity contribution in [3.8, 4) is 0 Å². The quantitative estimate of drug-likeness (QED) is 0.802. The van der Waals surface area contributed by atoms with Gasteiger partial charge in [0.1, 0.15) is 0 Å². The lowest BCUT2D eigenvalue weighted by molar-refractivity contribution is -0.140. The first-order chi connectivity index (χ1) is 8.41. The highest BCUT2D eigenvalue weighted by atomic mass is 32.1. The van der Waals surface area contributed by atoms with Gasteiger partial charge in [0.2, 0.25) is 0 Å². The summed E-state index contributed by atoms with van der Waals surface area (Å²) in [5.41, 5.74) is 2.24. The average Bonchev–Trinajstić information content (AvgIpc) is 2.85. The van der Waals surface area contributed by atoms with Gasteiger partial charge in [-0.15, -0.1) is 11.3 Å². The summed E-state index contributed by atoms with van der Waals surface area (Å²) in [6.07, 6.45) is 3.16. The van der Waals surface area contributed by atoms with E-state index in [9.17, 15) is 4.79 Å². The molecule has 2 heterocycles. The Morgan fingerprint density at radius 2 is 2.22 bits per heavy atom. The van der Waals surface area contributed by atoms with E-state index >= 15 is 0 Å². The van der Waals surface area contributed by atoms with Crippen LogP contribution in [-0.4, -0.2) is 22.5 Å². The van der Waals surface area contributed by atoms with Crippen molar-refractivity contribution in [1.82, 2.24) is 9.38 Å². The van der Waals surface area contributed by atoms with E-state index in [0.717, 1.165) is 16.3 Å². The lowest BCUT2D eigenvalue weighted by Crippen LogP contribution is -2.11. The van der Waals surface area contributed by atoms with Crippen LogP contribution in [0.1, 0.15) is 38.6 Å². The van der Waals surface area contributed by atoms with E-state index in [0.29, 0.717) is 12.8 Å². The molecule has 0 fully saturated rings. The van der Waals surface area contributed by atoms with E-state index in [1.807, 2.05) is 0 Å². The van der Waals surface area contributed by atoms with Crippen molar-refractivity contribution in [3.63, 3.8) is 0 Å². The Kier molecular flexibility index (Phi) is 3.43. The van der Waals surface area contributed by atoms with Crippen LogP contribution in [0.25, 0.3) is 4.96 Å². The molecule has 0 bridgehead atoms. The second-order valence-corrected chi connectivity index (χ2v) is 6.17. The Hall–Kier alpha value is -1.36. The van der Waals surface area contributed by atoms with E-state index in [4.69, 9.17) is 0 Å². The van der Waals surface area contributed by atoms with Gasteiger partial charge in [0.25, 0.3) is 0 Å². The monoisotopic (exact) mass is 266 g/mol. The van der Waals surface area contributed by atoms with Crippen LogP contribution in [0, 0.1) is 0 Å². The normalized spacial score (nSPS) is 12.0. The third-order valence-electron chi connectivity index (χ3n) is 2.86. The fourth-order valence-corrected chi connectivity index (χ4v) is 2.61. The maximum atomic E-state index is 11.2. The minimum atomic E-state index is -0.175. The predicted octanol–water partition coefficient (Wildman–Crippen LogP) is 2.80. The number of aryl methyl sites for hydroxylation is 1. The zero-order valence-corrected chi connectivity index (χ0v) is 12.0. The summed E-state index contributed by atoms with van der Waals surface area (Å²) >= 11 is 1.61. The number of fused-ring (bicyclic) bond motifs is 1. The first-order valence-corrected chi connectivity index (χ1v) is 6.82. The zero-order valence-electron chi connectivity index (χ0n) is 11.2. The van der Waals surface area contributed by atoms with Gasteiger partial charge in [-0.1, -0.05) is 20.8 Å². The molecule has 18 heavy (non-hydrogen) atoms. The third kappa shape index (κ3) is 2.56. The number of thiazole rings is 1. The van der Waals surface area contributed by atoms with Crippen LogP contribution in [-0.2, 0) is 21.4 Å². The molecule has 0 spiro atoms. The number of nitrogens with zero attached hydrogens (tertiary/aromatic N) is 2. The Morgan fingerprint density at radius 3 is 2.83 bits per heavy atom. The molecule has 4 nitrogen and oxygen atoms in total. The summed E-state index contributed by atoms with van der Waals surface area (Å²) in [4.78, 5) is 16.8. The van der Waals surface area contributed by atoms with Crippen LogP contribution in [0.3, 0.4) is 0 Å². The van der Waals surface area contributed by atoms with Crippen molar-refractivity contribution in [2.75, 3.05) is 7.11 Å². The minimum Gasteiger partial charge on any atom is -0.469 e. The summed E-state index contributed by atoms with van der Waals surface area (Å²) in [5.74, 6) is -0.175. The maximum Gasteiger partial charge on any atom is 0.305 e. The average molecular weight is 266 g/mol. The molecule has 0 atom stereocenters. The Bertz CT molecular complexity index is 563. The molecule has 0 N–H and O–H groups in total. The van der Waals surface area contributed by atoms with Gasteiger partial charge in [0, 0.05) is 22.7 Å². The van der Waals surface area contributed by atoms with Crippen LogP contribution >= 0.6 is 11.3 Å². The molecule has 2 aromatic rings. The van der Waals surface area contributed by atoms with Crippen molar-refractivity contribution in [2.45, 2.75) is 39.0 Å². The van der Waals surface area contributed by atoms with Gasteiger partial charge in [-0.25, -0.2) is 4.98 Å². The van der Waals surface area contributed by atoms with Crippen LogP contribution in [0.15, 0.2) is 11.6 Å². The van der Waals surface area contributed by atoms with E-state index in [2.05, 4.69) is 46.5 Å². The molecule has 0 radical (unpaired) electrons. The van der Waals surface area contributed by atoms with Crippen LogP contribution < -0.4 is 0 Å². The summed E-state index contributed by atoms with van der Waals surface area (Å²) in [6, 6.07) is 0. The summed E-state index contributed by atoms with van der Waals surface area (Å²) in [6.45, 7) is 6.44. The zero-order chi connectivity index (χ0) is 13.3. The molecule has 0 aliphatic heterocycles. The van der Waals surface area contributed by atoms with E-state index < -0.39 is 0 Å². The molecular formula is C13H18N2O2S. The fraction of sp³-hybridized carbons (Fsp3) is 0.538. The first kappa shape index (κ1) is 13.1. The second kappa shape index (κ2) is 4.72. The molecule has 5 heteroatoms. The highest BCUT2D eigenvalue weighted by molar-refractivity contribution is 7.15. The van der Waals surface area contributed by atoms with Gasteiger partial charge < -0.3 is 4.74 Å². The lowest BCUT2D eigenvalue weighted by atomic mass is 9.93. The van der Waals surface area contributed by atoms with Crippen LogP contribution in [0.5, 0.6) is 0 Å². The molecule has 0 saturated heterocycles. The van der Waals surface area contributed by atoms with E-state index in [1.54, 1.807) is 11.3 Å². The predicted molar refractivity (Wildman–Crippen MR) is 72.1 cm³/mol. The van der Waals surface area contributed by atoms with E-state index in [-0.39, 0.29) is 11.4 Å². The number of esters is 1. The number of carbonyl (C=O) groups excluding carboxylic acids is 1. The number of ether oxygens (including phenoxy) is 1. The number of aromatic nitrogens is 2. The molecule has 2 rings (SSSR count). The largest absolute Gasteiger partial charge is 0.469 e. The molecule has 0 aliphatic rings. The molecule has 0 aromatic carbocycles. The molecule has 98 valence electrons. The Morgan fingerprint density at radius 1 is 1.50 bits per heavy atom. The van der Waals surface area contributed by atoms with Crippen LogP contribution in [0.4, 0.5) is 0 Å². The number of hydrogen-bond donors (Lipinski definition) is 0. The molecule has 0 aliphatic carbocycles. The van der Waals surface area contributed by atoms with Gasteiger partial charge in [0.15, 0.2) is 4.96 Å². The van der Waals surface area contributed by atoms with E-state index in [1.165, 1.54) is 7.11 Å². The van der Waals surface area contributed by atoms with Gasteiger partial charge >= 0.3 is 5.97 Å². The van der Waals surface area contributed by atoms with Gasteiger partial charge in [-0.2, -0.15) is 0 Å². The maximum absolute atomic E-state index is 11.2. The highest BCUT2D eigenvalue weighted by Gasteiger charge is 2.19. The number of carbonyl (C=O) groups is 1. The van der Waals surface area contributed by atoms with Crippen LogP contribution in [0.2, 0.25) is 0 Å². The van der Waals surface area contributed by atoms with Crippen molar-refractivity contribution >= 4 is 22.3 Å². The van der Waals surface area contributed by atoms with Crippen molar-refractivity contribution in [3.05, 3.63) is 23.0 Å². The summed E-state index contributed by atoms with van der Waals surface area (Å²) in [5, 5.41) is 2.05. The highest BCUT2D eigenvalue weighted by Crippen LogP contribution is 2.25. The second-order valence-electron chi connectivity index (χ2n) is 5.33. The van der Waals surface area contributed by atoms with Crippen molar-refractivity contribution in [1.29, 1.82) is 0 Å². The van der Waals surface area contributed by atoms with Crippen molar-refractivity contribution in [2.24, 2.45) is 0 Å². The van der Waals surface area contributed by atoms with Gasteiger partial charge in [0.05, 0.1) is 19.2 Å². The lowest BCUT2D eigenvalue weighted by Gasteiger charge is -2.13. The SMILES string of the molecule is COC(=O)CCc1csc2nc(C(C)(C)C)cn12. The fourth-order valence-electron chi connectivity index (χ4n) is 1.70. The Labute approximate surface area is 111 Å².